The summed E-state index contributed by atoms with van der Waals surface area (Å²) < 4.78 is 33.1. The van der Waals surface area contributed by atoms with Crippen LogP contribution in [0.15, 0.2) is 29.2 Å². The molecule has 1 aromatic carbocycles. The van der Waals surface area contributed by atoms with Gasteiger partial charge in [-0.2, -0.15) is 0 Å². The molecule has 8 heteroatoms. The van der Waals surface area contributed by atoms with E-state index in [4.69, 9.17) is 4.74 Å². The number of nitrogens with one attached hydrogen (secondary N) is 1. The number of hydrogen-bond donors (Lipinski definition) is 3. The number of carbonyl (C=O) groups excluding carboxylic acids is 1. The van der Waals surface area contributed by atoms with Gasteiger partial charge < -0.3 is 14.9 Å². The maximum atomic E-state index is 12.8. The molecule has 4 fully saturated rings. The third-order valence-electron chi connectivity index (χ3n) is 13.4. The third-order valence-corrected chi connectivity index (χ3v) is 14.7. The number of amides is 1. The number of benzene rings is 1. The highest BCUT2D eigenvalue weighted by atomic mass is 32.2. The number of fused-ring (bicyclic) bond motifs is 5. The van der Waals surface area contributed by atoms with Gasteiger partial charge in [0.1, 0.15) is 0 Å². The second-order valence-electron chi connectivity index (χ2n) is 16.8. The molecule has 1 aromatic rings. The predicted molar refractivity (Wildman–Crippen MR) is 177 cm³/mol. The molecular formula is C37H59NO6S. The lowest BCUT2D eigenvalue weighted by Gasteiger charge is -2.64. The number of carbonyl (C=O) groups is 1. The summed E-state index contributed by atoms with van der Waals surface area (Å²) in [5.74, 6) is 3.05. The van der Waals surface area contributed by atoms with E-state index in [1.165, 1.54) is 18.9 Å². The monoisotopic (exact) mass is 645 g/mol. The Morgan fingerprint density at radius 3 is 2.42 bits per heavy atom. The van der Waals surface area contributed by atoms with E-state index >= 15 is 0 Å². The Balaban J connectivity index is 1.16. The minimum Gasteiger partial charge on any atom is -0.449 e. The second kappa shape index (κ2) is 12.8. The van der Waals surface area contributed by atoms with Gasteiger partial charge in [-0.1, -0.05) is 67.0 Å². The Bertz CT molecular complexity index is 1320. The maximum absolute atomic E-state index is 12.8. The molecule has 0 radical (unpaired) electrons. The van der Waals surface area contributed by atoms with Crippen LogP contribution in [0, 0.1) is 52.3 Å². The summed E-state index contributed by atoms with van der Waals surface area (Å²) in [5.41, 5.74) is 1.05. The number of ether oxygens (including phenoxy) is 1. The van der Waals surface area contributed by atoms with Gasteiger partial charge in [0, 0.05) is 0 Å². The van der Waals surface area contributed by atoms with Crippen molar-refractivity contribution >= 4 is 16.1 Å². The average Bonchev–Trinajstić information content (AvgIpc) is 3.33. The van der Waals surface area contributed by atoms with Crippen molar-refractivity contribution in [3.63, 3.8) is 0 Å². The fourth-order valence-electron chi connectivity index (χ4n) is 11.0. The molecule has 0 bridgehead atoms. The first-order valence-corrected chi connectivity index (χ1v) is 19.2. The fourth-order valence-corrected chi connectivity index (χ4v) is 12.0. The first-order valence-electron chi connectivity index (χ1n) is 17.7. The Hall–Kier alpha value is -1.64. The van der Waals surface area contributed by atoms with Crippen molar-refractivity contribution < 1.29 is 28.2 Å². The van der Waals surface area contributed by atoms with Gasteiger partial charge >= 0.3 is 6.09 Å². The molecule has 254 valence electrons. The molecular weight excluding hydrogens is 586 g/mol. The summed E-state index contributed by atoms with van der Waals surface area (Å²) in [7, 11) is -4.02. The summed E-state index contributed by atoms with van der Waals surface area (Å²) in [6, 6.07) is 6.67. The molecule has 45 heavy (non-hydrogen) atoms. The summed E-state index contributed by atoms with van der Waals surface area (Å²) in [4.78, 5) is 12.5. The smallest absolute Gasteiger partial charge is 0.421 e. The van der Waals surface area contributed by atoms with Crippen LogP contribution in [-0.2, 0) is 20.2 Å². The van der Waals surface area contributed by atoms with Gasteiger partial charge in [-0.25, -0.2) is 17.9 Å². The van der Waals surface area contributed by atoms with Crippen LogP contribution in [0.3, 0.4) is 0 Å². The SMILES string of the molecule is CC[C@@H]1C2C[C@H](O)CCC2(C)C2CCC3(C)C(CCC3[C@H](C)CCCOC(=O)NS(=O)(=O)c3cccc(C(C)(C)C)c3)C2[C@@H]1O. The highest BCUT2D eigenvalue weighted by Gasteiger charge is 2.64. The lowest BCUT2D eigenvalue weighted by molar-refractivity contribution is -0.203. The molecule has 1 amide bonds. The molecule has 0 aromatic heterocycles. The van der Waals surface area contributed by atoms with Crippen LogP contribution in [0.2, 0.25) is 0 Å². The van der Waals surface area contributed by atoms with Crippen molar-refractivity contribution in [1.82, 2.24) is 4.72 Å². The number of aliphatic hydroxyl groups excluding tert-OH is 2. The van der Waals surface area contributed by atoms with E-state index in [-0.39, 0.29) is 45.9 Å². The molecule has 7 nitrogen and oxygen atoms in total. The molecule has 4 saturated carbocycles. The summed E-state index contributed by atoms with van der Waals surface area (Å²) in [6.07, 6.45) is 8.59. The first kappa shape index (κ1) is 34.7. The van der Waals surface area contributed by atoms with Crippen LogP contribution < -0.4 is 4.72 Å². The lowest BCUT2D eigenvalue weighted by atomic mass is 9.41. The van der Waals surface area contributed by atoms with Crippen LogP contribution in [0.4, 0.5) is 4.79 Å². The lowest BCUT2D eigenvalue weighted by Crippen LogP contribution is -2.62. The van der Waals surface area contributed by atoms with Gasteiger partial charge in [0.2, 0.25) is 0 Å². The first-order chi connectivity index (χ1) is 21.0. The van der Waals surface area contributed by atoms with E-state index in [0.717, 1.165) is 50.5 Å². The summed E-state index contributed by atoms with van der Waals surface area (Å²) >= 11 is 0. The van der Waals surface area contributed by atoms with Gasteiger partial charge in [0.05, 0.1) is 23.7 Å². The van der Waals surface area contributed by atoms with Crippen molar-refractivity contribution in [2.75, 3.05) is 6.61 Å². The van der Waals surface area contributed by atoms with E-state index in [9.17, 15) is 23.4 Å². The molecule has 0 aliphatic heterocycles. The molecule has 4 aliphatic carbocycles. The van der Waals surface area contributed by atoms with Gasteiger partial charge in [-0.05, 0) is 133 Å². The number of aliphatic hydroxyl groups is 2. The third kappa shape index (κ3) is 6.46. The van der Waals surface area contributed by atoms with Crippen molar-refractivity contribution in [1.29, 1.82) is 0 Å². The van der Waals surface area contributed by atoms with Gasteiger partial charge in [-0.15, -0.1) is 0 Å². The molecule has 7 unspecified atom stereocenters. The molecule has 4 aliphatic rings. The minimum atomic E-state index is -4.02. The second-order valence-corrected chi connectivity index (χ2v) is 18.4. The molecule has 11 atom stereocenters. The fraction of sp³-hybridized carbons (Fsp3) is 0.811. The van der Waals surface area contributed by atoms with Crippen LogP contribution in [-0.4, -0.2) is 43.5 Å². The van der Waals surface area contributed by atoms with Gasteiger partial charge in [-0.3, -0.25) is 0 Å². The summed E-state index contributed by atoms with van der Waals surface area (Å²) in [5, 5.41) is 22.5. The van der Waals surface area contributed by atoms with Crippen LogP contribution in [0.5, 0.6) is 0 Å². The van der Waals surface area contributed by atoms with Crippen LogP contribution in [0.25, 0.3) is 0 Å². The van der Waals surface area contributed by atoms with Crippen molar-refractivity contribution in [3.05, 3.63) is 29.8 Å². The summed E-state index contributed by atoms with van der Waals surface area (Å²) in [6.45, 7) is 15.7. The standard InChI is InChI=1S/C37H59NO6S/c1-8-27-31-22-25(39)16-18-37(31,7)30-17-19-36(6)28(14-15-29(36)32(30)33(27)40)23(2)11-10-20-44-34(41)38-45(42,43)26-13-9-12-24(21-26)35(3,4)5/h9,12-13,21,23,25,27-33,39-40H,8,10-11,14-20,22H2,1-7H3,(H,38,41)/t23-,25-,27-,28?,29?,30?,31?,32?,33-,36?,37?/m1/s1. The number of hydrogen-bond acceptors (Lipinski definition) is 6. The Labute approximate surface area is 272 Å². The van der Waals surface area contributed by atoms with Crippen molar-refractivity contribution in [2.24, 2.45) is 52.3 Å². The normalized spacial score (nSPS) is 38.9. The zero-order chi connectivity index (χ0) is 32.9. The quantitative estimate of drug-likeness (QED) is 0.253. The van der Waals surface area contributed by atoms with E-state index in [1.54, 1.807) is 12.1 Å². The Morgan fingerprint density at radius 2 is 1.73 bits per heavy atom. The minimum absolute atomic E-state index is 0.0539. The topological polar surface area (TPSA) is 113 Å². The Morgan fingerprint density at radius 1 is 1.04 bits per heavy atom. The van der Waals surface area contributed by atoms with E-state index in [0.29, 0.717) is 41.9 Å². The highest BCUT2D eigenvalue weighted by molar-refractivity contribution is 7.90. The van der Waals surface area contributed by atoms with Crippen molar-refractivity contribution in [2.45, 2.75) is 135 Å². The number of rotatable bonds is 8. The molecule has 5 rings (SSSR count). The van der Waals surface area contributed by atoms with E-state index in [2.05, 4.69) is 32.4 Å². The largest absolute Gasteiger partial charge is 0.449 e. The van der Waals surface area contributed by atoms with Crippen LogP contribution in [0.1, 0.15) is 118 Å². The molecule has 0 heterocycles. The Kier molecular flexibility index (Phi) is 9.84. The van der Waals surface area contributed by atoms with E-state index in [1.807, 2.05) is 26.8 Å². The average molecular weight is 646 g/mol. The van der Waals surface area contributed by atoms with Gasteiger partial charge in [0.25, 0.3) is 10.0 Å². The molecule has 0 spiro atoms. The predicted octanol–water partition coefficient (Wildman–Crippen LogP) is 7.44. The van der Waals surface area contributed by atoms with E-state index < -0.39 is 16.1 Å². The number of sulfonamides is 1. The molecule has 3 N–H and O–H groups in total. The maximum Gasteiger partial charge on any atom is 0.421 e. The van der Waals surface area contributed by atoms with Crippen molar-refractivity contribution in [3.8, 4) is 0 Å². The zero-order valence-electron chi connectivity index (χ0n) is 28.7. The molecule has 0 saturated heterocycles. The zero-order valence-corrected chi connectivity index (χ0v) is 29.5. The highest BCUT2D eigenvalue weighted by Crippen LogP contribution is 2.69. The van der Waals surface area contributed by atoms with Gasteiger partial charge in [0.15, 0.2) is 0 Å². The van der Waals surface area contributed by atoms with Crippen LogP contribution >= 0.6 is 0 Å².